The third-order valence-corrected chi connectivity index (χ3v) is 2.44. The topological polar surface area (TPSA) is 84.8 Å². The maximum atomic E-state index is 8.69. The van der Waals surface area contributed by atoms with E-state index in [1.54, 1.807) is 31.2 Å². The highest BCUT2D eigenvalue weighted by Crippen LogP contribution is 2.28. The number of halogens is 1. The van der Waals surface area contributed by atoms with Crippen LogP contribution in [0, 0.1) is 18.3 Å². The average Bonchev–Trinajstić information content (AvgIpc) is 2.36. The Balaban J connectivity index is 2.31. The van der Waals surface area contributed by atoms with Crippen molar-refractivity contribution in [2.45, 2.75) is 6.92 Å². The van der Waals surface area contributed by atoms with Gasteiger partial charge < -0.3 is 10.5 Å². The normalized spacial score (nSPS) is 9.83. The van der Waals surface area contributed by atoms with E-state index >= 15 is 0 Å². The van der Waals surface area contributed by atoms with Crippen LogP contribution < -0.4 is 10.5 Å². The van der Waals surface area contributed by atoms with Gasteiger partial charge in [-0.1, -0.05) is 0 Å². The number of nitrogens with zero attached hydrogens (tertiary/aromatic N) is 3. The molecule has 1 aromatic carbocycles. The van der Waals surface area contributed by atoms with E-state index in [1.165, 1.54) is 0 Å². The first-order valence-electron chi connectivity index (χ1n) is 5.08. The molecule has 2 aromatic rings. The molecule has 6 heteroatoms. The summed E-state index contributed by atoms with van der Waals surface area (Å²) in [6, 6.07) is 8.61. The van der Waals surface area contributed by atoms with Crippen molar-refractivity contribution < 1.29 is 4.74 Å². The molecule has 0 aliphatic heterocycles. The van der Waals surface area contributed by atoms with Gasteiger partial charge in [0, 0.05) is 0 Å². The zero-order valence-electron chi connectivity index (χ0n) is 9.51. The summed E-state index contributed by atoms with van der Waals surface area (Å²) in [4.78, 5) is 7.82. The summed E-state index contributed by atoms with van der Waals surface area (Å²) in [5, 5.41) is 8.76. The van der Waals surface area contributed by atoms with E-state index in [9.17, 15) is 0 Å². The second-order valence-electron chi connectivity index (χ2n) is 3.54. The van der Waals surface area contributed by atoms with Gasteiger partial charge in [0.05, 0.1) is 17.3 Å². The van der Waals surface area contributed by atoms with E-state index in [4.69, 9.17) is 27.3 Å². The van der Waals surface area contributed by atoms with Crippen molar-refractivity contribution in [1.82, 2.24) is 9.97 Å². The minimum Gasteiger partial charge on any atom is -0.437 e. The van der Waals surface area contributed by atoms with Crippen LogP contribution in [0.1, 0.15) is 11.3 Å². The van der Waals surface area contributed by atoms with Gasteiger partial charge >= 0.3 is 0 Å². The Morgan fingerprint density at radius 2 is 1.94 bits per heavy atom. The van der Waals surface area contributed by atoms with Gasteiger partial charge in [0.25, 0.3) is 0 Å². The highest BCUT2D eigenvalue weighted by atomic mass is 35.5. The number of nitriles is 1. The Kier molecular flexibility index (Phi) is 3.31. The van der Waals surface area contributed by atoms with Crippen LogP contribution >= 0.6 is 11.6 Å². The molecule has 18 heavy (non-hydrogen) atoms. The number of rotatable bonds is 2. The van der Waals surface area contributed by atoms with Crippen molar-refractivity contribution in [3.8, 4) is 17.7 Å². The third kappa shape index (κ3) is 2.50. The fourth-order valence-corrected chi connectivity index (χ4v) is 1.51. The predicted molar refractivity (Wildman–Crippen MR) is 67.4 cm³/mol. The van der Waals surface area contributed by atoms with Gasteiger partial charge in [-0.15, -0.1) is 0 Å². The lowest BCUT2D eigenvalue weighted by Gasteiger charge is -2.08. The summed E-state index contributed by atoms with van der Waals surface area (Å²) in [6.45, 7) is 1.72. The lowest BCUT2D eigenvalue weighted by Crippen LogP contribution is -2.00. The van der Waals surface area contributed by atoms with E-state index < -0.39 is 0 Å². The van der Waals surface area contributed by atoms with Crippen LogP contribution in [0.3, 0.4) is 0 Å². The van der Waals surface area contributed by atoms with Crippen LogP contribution in [0.5, 0.6) is 11.6 Å². The van der Waals surface area contributed by atoms with Crippen molar-refractivity contribution in [2.24, 2.45) is 0 Å². The van der Waals surface area contributed by atoms with E-state index in [1.807, 2.05) is 6.07 Å². The first-order chi connectivity index (χ1) is 8.60. The van der Waals surface area contributed by atoms with Crippen molar-refractivity contribution in [3.63, 3.8) is 0 Å². The molecular formula is C12H9ClN4O. The number of hydrogen-bond acceptors (Lipinski definition) is 5. The maximum absolute atomic E-state index is 8.69. The zero-order chi connectivity index (χ0) is 13.1. The first-order valence-corrected chi connectivity index (χ1v) is 5.45. The molecule has 1 aromatic heterocycles. The van der Waals surface area contributed by atoms with Crippen molar-refractivity contribution in [3.05, 3.63) is 40.8 Å². The van der Waals surface area contributed by atoms with Gasteiger partial charge in [-0.2, -0.15) is 10.2 Å². The minimum atomic E-state index is 0.0744. The lowest BCUT2D eigenvalue weighted by molar-refractivity contribution is 0.463. The third-order valence-electron chi connectivity index (χ3n) is 2.27. The fraction of sp³-hybridized carbons (Fsp3) is 0.0833. The van der Waals surface area contributed by atoms with Crippen LogP contribution in [-0.4, -0.2) is 9.97 Å². The summed E-state index contributed by atoms with van der Waals surface area (Å²) >= 11 is 5.74. The fourth-order valence-electron chi connectivity index (χ4n) is 1.31. The largest absolute Gasteiger partial charge is 0.437 e. The van der Waals surface area contributed by atoms with Gasteiger partial charge in [0.15, 0.2) is 0 Å². The molecule has 5 nitrogen and oxygen atoms in total. The zero-order valence-corrected chi connectivity index (χ0v) is 10.3. The molecule has 2 rings (SSSR count). The number of nitrogen functional groups attached to an aromatic ring is 1. The molecule has 0 fully saturated rings. The van der Waals surface area contributed by atoms with Gasteiger partial charge in [-0.05, 0) is 42.8 Å². The number of ether oxygens (including phenoxy) is 1. The highest BCUT2D eigenvalue weighted by Gasteiger charge is 2.10. The van der Waals surface area contributed by atoms with Crippen LogP contribution in [-0.2, 0) is 0 Å². The highest BCUT2D eigenvalue weighted by molar-refractivity contribution is 6.28. The monoisotopic (exact) mass is 260 g/mol. The smallest absolute Gasteiger partial charge is 0.247 e. The summed E-state index contributed by atoms with van der Waals surface area (Å²) in [5.41, 5.74) is 7.23. The van der Waals surface area contributed by atoms with E-state index in [2.05, 4.69) is 9.97 Å². The molecule has 0 unspecified atom stereocenters. The molecule has 0 amide bonds. The van der Waals surface area contributed by atoms with E-state index in [0.29, 0.717) is 22.7 Å². The Labute approximate surface area is 109 Å². The van der Waals surface area contributed by atoms with Gasteiger partial charge in [-0.25, -0.2) is 4.98 Å². The number of benzene rings is 1. The van der Waals surface area contributed by atoms with Crippen LogP contribution in [0.15, 0.2) is 24.3 Å². The Morgan fingerprint density at radius 1 is 1.28 bits per heavy atom. The summed E-state index contributed by atoms with van der Waals surface area (Å²) in [5.74, 6) is 0.729. The van der Waals surface area contributed by atoms with Crippen LogP contribution in [0.2, 0.25) is 5.28 Å². The minimum absolute atomic E-state index is 0.0744. The Morgan fingerprint density at radius 3 is 2.56 bits per heavy atom. The summed E-state index contributed by atoms with van der Waals surface area (Å²) < 4.78 is 5.50. The van der Waals surface area contributed by atoms with Crippen LogP contribution in [0.25, 0.3) is 0 Å². The molecular weight excluding hydrogens is 252 g/mol. The average molecular weight is 261 g/mol. The molecule has 0 aliphatic rings. The number of aromatic nitrogens is 2. The molecule has 0 spiro atoms. The molecule has 0 saturated carbocycles. The predicted octanol–water partition coefficient (Wildman–Crippen LogP) is 2.68. The molecule has 0 atom stereocenters. The molecule has 0 saturated heterocycles. The second-order valence-corrected chi connectivity index (χ2v) is 3.87. The number of nitrogens with two attached hydrogens (primary N) is 1. The Hall–Kier alpha value is -2.32. The van der Waals surface area contributed by atoms with E-state index in [-0.39, 0.29) is 11.2 Å². The lowest BCUT2D eigenvalue weighted by atomic mass is 10.2. The molecule has 0 bridgehead atoms. The van der Waals surface area contributed by atoms with Gasteiger partial charge in [0.2, 0.25) is 11.2 Å². The molecule has 2 N–H and O–H groups in total. The van der Waals surface area contributed by atoms with Crippen molar-refractivity contribution >= 4 is 17.3 Å². The van der Waals surface area contributed by atoms with Gasteiger partial charge in [-0.3, -0.25) is 0 Å². The summed E-state index contributed by atoms with van der Waals surface area (Å²) in [7, 11) is 0. The first kappa shape index (κ1) is 12.1. The maximum Gasteiger partial charge on any atom is 0.247 e. The van der Waals surface area contributed by atoms with Crippen LogP contribution in [0.4, 0.5) is 5.69 Å². The SMILES string of the molecule is Cc1nc(Cl)nc(Oc2ccc(C#N)cc2)c1N. The number of hydrogen-bond donors (Lipinski definition) is 1. The quantitative estimate of drug-likeness (QED) is 0.839. The second kappa shape index (κ2) is 4.90. The molecule has 0 radical (unpaired) electrons. The molecule has 0 aliphatic carbocycles. The number of aryl methyl sites for hydroxylation is 1. The standard InChI is InChI=1S/C12H9ClN4O/c1-7-10(15)11(17-12(13)16-7)18-9-4-2-8(6-14)3-5-9/h2-5H,15H2,1H3. The van der Waals surface area contributed by atoms with Gasteiger partial charge in [0.1, 0.15) is 11.4 Å². The van der Waals surface area contributed by atoms with Crippen molar-refractivity contribution in [2.75, 3.05) is 5.73 Å². The number of anilines is 1. The molecule has 1 heterocycles. The molecule has 90 valence electrons. The Bertz CT molecular complexity index is 619. The van der Waals surface area contributed by atoms with E-state index in [0.717, 1.165) is 0 Å². The summed E-state index contributed by atoms with van der Waals surface area (Å²) in [6.07, 6.45) is 0. The van der Waals surface area contributed by atoms with Crippen molar-refractivity contribution in [1.29, 1.82) is 5.26 Å².